The number of benzene rings is 1. The summed E-state index contributed by atoms with van der Waals surface area (Å²) in [5, 5.41) is 5.39. The highest BCUT2D eigenvalue weighted by atomic mass is 19.3. The van der Waals surface area contributed by atoms with E-state index in [-0.39, 0.29) is 12.3 Å². The highest BCUT2D eigenvalue weighted by molar-refractivity contribution is 6.09. The predicted molar refractivity (Wildman–Crippen MR) is 107 cm³/mol. The number of carbonyl (C=O) groups excluding carboxylic acids is 3. The quantitative estimate of drug-likeness (QED) is 0.532. The van der Waals surface area contributed by atoms with Crippen LogP contribution in [0.3, 0.4) is 0 Å². The number of nitrogens with zero attached hydrogens (tertiary/aromatic N) is 1. The molecule has 4 amide bonds. The van der Waals surface area contributed by atoms with Crippen molar-refractivity contribution in [3.05, 3.63) is 29.8 Å². The van der Waals surface area contributed by atoms with Gasteiger partial charge in [0.2, 0.25) is 5.91 Å². The number of amides is 4. The molecule has 1 aromatic rings. The summed E-state index contributed by atoms with van der Waals surface area (Å²) < 4.78 is 28.9. The van der Waals surface area contributed by atoms with E-state index in [1.54, 1.807) is 0 Å². The van der Waals surface area contributed by atoms with Gasteiger partial charge in [-0.3, -0.25) is 14.5 Å². The number of carbonyl (C=O) groups is 3. The van der Waals surface area contributed by atoms with Crippen LogP contribution in [-0.4, -0.2) is 42.4 Å². The number of rotatable bonds is 11. The van der Waals surface area contributed by atoms with Crippen LogP contribution in [-0.2, 0) is 15.1 Å². The molecule has 0 saturated carbocycles. The van der Waals surface area contributed by atoms with E-state index < -0.39 is 30.0 Å². The van der Waals surface area contributed by atoms with Crippen LogP contribution in [0, 0.1) is 5.92 Å². The Kier molecular flexibility index (Phi) is 8.14. The van der Waals surface area contributed by atoms with Gasteiger partial charge in [0, 0.05) is 6.54 Å². The normalized spacial score (nSPS) is 19.7. The maximum Gasteiger partial charge on any atom is 0.387 e. The van der Waals surface area contributed by atoms with E-state index in [1.165, 1.54) is 31.2 Å². The molecule has 0 unspecified atom stereocenters. The Morgan fingerprint density at radius 3 is 2.47 bits per heavy atom. The molecule has 0 spiro atoms. The second kappa shape index (κ2) is 10.4. The third-order valence-corrected chi connectivity index (χ3v) is 5.36. The summed E-state index contributed by atoms with van der Waals surface area (Å²) in [4.78, 5) is 38.4. The van der Waals surface area contributed by atoms with Gasteiger partial charge in [0.15, 0.2) is 0 Å². The van der Waals surface area contributed by atoms with E-state index in [9.17, 15) is 23.2 Å². The number of alkyl halides is 2. The second-order valence-corrected chi connectivity index (χ2v) is 7.57. The van der Waals surface area contributed by atoms with Crippen molar-refractivity contribution in [3.63, 3.8) is 0 Å². The maximum atomic E-state index is 12.9. The number of ether oxygens (including phenoxy) is 1. The van der Waals surface area contributed by atoms with Gasteiger partial charge in [-0.1, -0.05) is 45.2 Å². The molecular formula is C21H29F2N3O4. The Bertz CT molecular complexity index is 757. The van der Waals surface area contributed by atoms with Crippen LogP contribution in [0.4, 0.5) is 13.6 Å². The monoisotopic (exact) mass is 425 g/mol. The van der Waals surface area contributed by atoms with Crippen LogP contribution >= 0.6 is 0 Å². The van der Waals surface area contributed by atoms with Crippen molar-refractivity contribution in [1.29, 1.82) is 0 Å². The van der Waals surface area contributed by atoms with Gasteiger partial charge in [-0.2, -0.15) is 8.78 Å². The van der Waals surface area contributed by atoms with Crippen molar-refractivity contribution < 1.29 is 27.9 Å². The van der Waals surface area contributed by atoms with Crippen molar-refractivity contribution >= 4 is 17.8 Å². The summed E-state index contributed by atoms with van der Waals surface area (Å²) in [6, 6.07) is 4.77. The zero-order chi connectivity index (χ0) is 22.3. The largest absolute Gasteiger partial charge is 0.435 e. The average molecular weight is 425 g/mol. The topological polar surface area (TPSA) is 87.7 Å². The van der Waals surface area contributed by atoms with Gasteiger partial charge in [-0.25, -0.2) is 4.79 Å². The summed E-state index contributed by atoms with van der Waals surface area (Å²) in [5.41, 5.74) is -0.996. The number of hydrogen-bond acceptors (Lipinski definition) is 4. The second-order valence-electron chi connectivity index (χ2n) is 7.57. The fourth-order valence-corrected chi connectivity index (χ4v) is 3.41. The molecule has 2 N–H and O–H groups in total. The average Bonchev–Trinajstić information content (AvgIpc) is 2.92. The molecule has 0 radical (unpaired) electrons. The van der Waals surface area contributed by atoms with E-state index in [1.807, 2.05) is 0 Å². The number of unbranched alkanes of at least 4 members (excludes halogenated alkanes) is 1. The van der Waals surface area contributed by atoms with Crippen LogP contribution in [0.25, 0.3) is 0 Å². The molecule has 1 heterocycles. The molecular weight excluding hydrogens is 396 g/mol. The maximum absolute atomic E-state index is 12.9. The van der Waals surface area contributed by atoms with Gasteiger partial charge < -0.3 is 15.4 Å². The Morgan fingerprint density at radius 1 is 1.23 bits per heavy atom. The van der Waals surface area contributed by atoms with Gasteiger partial charge >= 0.3 is 12.6 Å². The molecule has 0 aliphatic carbocycles. The van der Waals surface area contributed by atoms with Crippen molar-refractivity contribution in [2.75, 3.05) is 13.1 Å². The lowest BCUT2D eigenvalue weighted by molar-refractivity contribution is -0.134. The standard InChI is InChI=1S/C21H29F2N3O4/c1-4-6-7-14(5-2)12-24-17(27)13-26-18(28)21(3,25-20(26)29)15-8-10-16(11-9-15)30-19(22)23/h8-11,14,19H,4-7,12-13H2,1-3H3,(H,24,27)(H,25,29)/t14-,21+/m0/s1. The zero-order valence-corrected chi connectivity index (χ0v) is 17.5. The zero-order valence-electron chi connectivity index (χ0n) is 17.5. The van der Waals surface area contributed by atoms with Crippen LogP contribution in [0.2, 0.25) is 0 Å². The number of urea groups is 1. The molecule has 1 saturated heterocycles. The van der Waals surface area contributed by atoms with Crippen molar-refractivity contribution in [1.82, 2.24) is 15.5 Å². The van der Waals surface area contributed by atoms with Crippen LogP contribution in [0.1, 0.15) is 52.0 Å². The van der Waals surface area contributed by atoms with Crippen molar-refractivity contribution in [2.24, 2.45) is 5.92 Å². The Balaban J connectivity index is 2.00. The highest BCUT2D eigenvalue weighted by Crippen LogP contribution is 2.30. The van der Waals surface area contributed by atoms with Gasteiger partial charge in [0.05, 0.1) is 0 Å². The SMILES string of the molecule is CCCC[C@H](CC)CNC(=O)CN1C(=O)N[C@](C)(c2ccc(OC(F)F)cc2)C1=O. The molecule has 1 aromatic carbocycles. The van der Waals surface area contributed by atoms with Crippen molar-refractivity contribution in [3.8, 4) is 5.75 Å². The van der Waals surface area contributed by atoms with Gasteiger partial charge in [0.1, 0.15) is 17.8 Å². The van der Waals surface area contributed by atoms with Crippen LogP contribution in [0.15, 0.2) is 24.3 Å². The van der Waals surface area contributed by atoms with E-state index in [0.29, 0.717) is 18.0 Å². The number of imide groups is 1. The Morgan fingerprint density at radius 2 is 1.90 bits per heavy atom. The first-order valence-electron chi connectivity index (χ1n) is 10.2. The molecule has 0 bridgehead atoms. The molecule has 1 fully saturated rings. The first kappa shape index (κ1) is 23.6. The molecule has 7 nitrogen and oxygen atoms in total. The Labute approximate surface area is 175 Å². The summed E-state index contributed by atoms with van der Waals surface area (Å²) >= 11 is 0. The summed E-state index contributed by atoms with van der Waals surface area (Å²) in [7, 11) is 0. The van der Waals surface area contributed by atoms with E-state index in [0.717, 1.165) is 30.6 Å². The molecule has 166 valence electrons. The molecule has 9 heteroatoms. The summed E-state index contributed by atoms with van der Waals surface area (Å²) in [5.74, 6) is -0.684. The Hall–Kier alpha value is -2.71. The lowest BCUT2D eigenvalue weighted by atomic mass is 9.92. The summed E-state index contributed by atoms with van der Waals surface area (Å²) in [6.45, 7) is 2.85. The smallest absolute Gasteiger partial charge is 0.387 e. The van der Waals surface area contributed by atoms with Gasteiger partial charge in [-0.05, 0) is 37.0 Å². The lowest BCUT2D eigenvalue weighted by Gasteiger charge is -2.22. The summed E-state index contributed by atoms with van der Waals surface area (Å²) in [6.07, 6.45) is 4.12. The van der Waals surface area contributed by atoms with Crippen molar-refractivity contribution in [2.45, 2.75) is 58.6 Å². The number of hydrogen-bond donors (Lipinski definition) is 2. The predicted octanol–water partition coefficient (Wildman–Crippen LogP) is 3.39. The van der Waals surface area contributed by atoms with E-state index >= 15 is 0 Å². The minimum Gasteiger partial charge on any atom is -0.435 e. The minimum atomic E-state index is -2.96. The van der Waals surface area contributed by atoms with Gasteiger partial charge in [-0.15, -0.1) is 0 Å². The minimum absolute atomic E-state index is 0.0566. The van der Waals surface area contributed by atoms with E-state index in [4.69, 9.17) is 0 Å². The highest BCUT2D eigenvalue weighted by Gasteiger charge is 2.49. The molecule has 1 aliphatic rings. The third-order valence-electron chi connectivity index (χ3n) is 5.36. The van der Waals surface area contributed by atoms with Gasteiger partial charge in [0.25, 0.3) is 5.91 Å². The lowest BCUT2D eigenvalue weighted by Crippen LogP contribution is -2.44. The fourth-order valence-electron chi connectivity index (χ4n) is 3.41. The molecule has 2 rings (SSSR count). The molecule has 0 aromatic heterocycles. The van der Waals surface area contributed by atoms with Crippen LogP contribution < -0.4 is 15.4 Å². The number of nitrogens with one attached hydrogen (secondary N) is 2. The van der Waals surface area contributed by atoms with Crippen LogP contribution in [0.5, 0.6) is 5.75 Å². The molecule has 30 heavy (non-hydrogen) atoms. The molecule has 1 aliphatic heterocycles. The van der Waals surface area contributed by atoms with E-state index in [2.05, 4.69) is 29.2 Å². The molecule has 2 atom stereocenters. The first-order chi connectivity index (χ1) is 14.2. The fraction of sp³-hybridized carbons (Fsp3) is 0.571. The third kappa shape index (κ3) is 5.67. The number of halogens is 2. The first-order valence-corrected chi connectivity index (χ1v) is 10.2.